The summed E-state index contributed by atoms with van der Waals surface area (Å²) in [5, 5.41) is 3.36. The molecule has 1 N–H and O–H groups in total. The summed E-state index contributed by atoms with van der Waals surface area (Å²) in [6.07, 6.45) is 4.22. The lowest BCUT2D eigenvalue weighted by Gasteiger charge is -2.09. The quantitative estimate of drug-likeness (QED) is 0.116. The number of nitrogens with one attached hydrogen (secondary N) is 1. The molecule has 0 aliphatic rings. The number of carbonyl (C=O) groups is 2. The molecule has 0 unspecified atom stereocenters. The number of hydrogen-bond donors (Lipinski definition) is 1. The Labute approximate surface area is 246 Å². The molecule has 2 aromatic carbocycles. The summed E-state index contributed by atoms with van der Waals surface area (Å²) >= 11 is 1.46. The molecule has 3 aromatic heterocycles. The number of ketones is 2. The van der Waals surface area contributed by atoms with Gasteiger partial charge in [0.1, 0.15) is 23.1 Å². The minimum Gasteiger partial charge on any atom is -0.453 e. The molecule has 9 heteroatoms. The number of rotatable bonds is 13. The number of hydrogen-bond acceptors (Lipinski definition) is 7. The predicted octanol–water partition coefficient (Wildman–Crippen LogP) is 7.24. The van der Waals surface area contributed by atoms with E-state index in [4.69, 9.17) is 4.74 Å². The van der Waals surface area contributed by atoms with E-state index in [9.17, 15) is 14.0 Å². The fourth-order valence-corrected chi connectivity index (χ4v) is 5.51. The first-order chi connectivity index (χ1) is 20.4. The molecule has 0 radical (unpaired) electrons. The first-order valence-corrected chi connectivity index (χ1v) is 14.5. The van der Waals surface area contributed by atoms with Gasteiger partial charge in [-0.3, -0.25) is 19.6 Å². The molecule has 0 atom stereocenters. The lowest BCUT2D eigenvalue weighted by molar-refractivity contribution is -0.126. The molecule has 0 amide bonds. The highest BCUT2D eigenvalue weighted by Crippen LogP contribution is 2.39. The van der Waals surface area contributed by atoms with Crippen molar-refractivity contribution in [2.24, 2.45) is 0 Å². The van der Waals surface area contributed by atoms with Crippen LogP contribution in [0.1, 0.15) is 36.5 Å². The second-order valence-electron chi connectivity index (χ2n) is 9.96. The summed E-state index contributed by atoms with van der Waals surface area (Å²) in [6, 6.07) is 17.6. The molecular formula is C33H29F2N3O3S. The first-order valence-electron chi connectivity index (χ1n) is 13.7. The van der Waals surface area contributed by atoms with Gasteiger partial charge in [0.15, 0.2) is 11.6 Å². The summed E-state index contributed by atoms with van der Waals surface area (Å²) in [7, 11) is 0. The molecule has 0 aliphatic heterocycles. The Morgan fingerprint density at radius 3 is 2.31 bits per heavy atom. The van der Waals surface area contributed by atoms with Crippen LogP contribution in [0.15, 0.2) is 79.1 Å². The first kappa shape index (κ1) is 29.2. The number of carbonyl (C=O) groups excluding carboxylic acids is 2. The molecule has 42 heavy (non-hydrogen) atoms. The molecule has 214 valence electrons. The fraction of sp³-hybridized carbons (Fsp3) is 0.212. The van der Waals surface area contributed by atoms with Gasteiger partial charge >= 0.3 is 0 Å². The highest BCUT2D eigenvalue weighted by Gasteiger charge is 2.16. The topological polar surface area (TPSA) is 81.2 Å². The van der Waals surface area contributed by atoms with Crippen LogP contribution in [0.3, 0.4) is 0 Å². The molecule has 3 heterocycles. The average Bonchev–Trinajstić information content (AvgIpc) is 3.41. The fourth-order valence-electron chi connectivity index (χ4n) is 4.46. The SMILES string of the molecule is CCCNCc1ccc(-c2cc3nccc(Oc4ccc(CC(=O)CC(=O)Cc5ccc(F)cc5)cc4F)c3s2)nc1. The number of aromatic nitrogens is 2. The van der Waals surface area contributed by atoms with Crippen molar-refractivity contribution in [3.63, 3.8) is 0 Å². The number of benzene rings is 2. The zero-order chi connectivity index (χ0) is 29.5. The zero-order valence-electron chi connectivity index (χ0n) is 23.0. The predicted molar refractivity (Wildman–Crippen MR) is 160 cm³/mol. The van der Waals surface area contributed by atoms with E-state index in [-0.39, 0.29) is 42.4 Å². The van der Waals surface area contributed by atoms with Crippen LogP contribution in [0.25, 0.3) is 20.8 Å². The number of Topliss-reactive ketones (excluding diaryl/α,β-unsaturated/α-hetero) is 2. The molecule has 6 nitrogen and oxygen atoms in total. The summed E-state index contributed by atoms with van der Waals surface area (Å²) in [5.41, 5.74) is 3.72. The van der Waals surface area contributed by atoms with E-state index >= 15 is 4.39 Å². The van der Waals surface area contributed by atoms with E-state index in [2.05, 4.69) is 22.2 Å². The van der Waals surface area contributed by atoms with E-state index in [0.717, 1.165) is 45.9 Å². The van der Waals surface area contributed by atoms with Crippen molar-refractivity contribution in [2.75, 3.05) is 6.54 Å². The highest BCUT2D eigenvalue weighted by molar-refractivity contribution is 7.22. The van der Waals surface area contributed by atoms with Gasteiger partial charge in [0.05, 0.1) is 27.2 Å². The molecule has 0 aliphatic carbocycles. The lowest BCUT2D eigenvalue weighted by atomic mass is 10.0. The maximum absolute atomic E-state index is 15.0. The Balaban J connectivity index is 1.23. The van der Waals surface area contributed by atoms with Gasteiger partial charge in [0.25, 0.3) is 0 Å². The largest absolute Gasteiger partial charge is 0.453 e. The molecule has 0 spiro atoms. The second kappa shape index (κ2) is 13.5. The zero-order valence-corrected chi connectivity index (χ0v) is 23.8. The minimum atomic E-state index is -0.617. The van der Waals surface area contributed by atoms with Crippen LogP contribution in [0.2, 0.25) is 0 Å². The maximum atomic E-state index is 15.0. The third kappa shape index (κ3) is 7.48. The Kier molecular flexibility index (Phi) is 9.41. The number of ether oxygens (including phenoxy) is 1. The van der Waals surface area contributed by atoms with E-state index in [0.29, 0.717) is 16.9 Å². The van der Waals surface area contributed by atoms with Gasteiger partial charge in [-0.2, -0.15) is 0 Å². The van der Waals surface area contributed by atoms with Crippen molar-refractivity contribution in [1.82, 2.24) is 15.3 Å². The van der Waals surface area contributed by atoms with Gasteiger partial charge in [-0.15, -0.1) is 11.3 Å². The van der Waals surface area contributed by atoms with Crippen LogP contribution in [0.4, 0.5) is 8.78 Å². The highest BCUT2D eigenvalue weighted by atomic mass is 32.1. The minimum absolute atomic E-state index is 0.0168. The van der Waals surface area contributed by atoms with Gasteiger partial charge in [-0.25, -0.2) is 8.78 Å². The van der Waals surface area contributed by atoms with E-state index in [1.165, 1.54) is 47.7 Å². The van der Waals surface area contributed by atoms with Crippen molar-refractivity contribution in [2.45, 2.75) is 39.2 Å². The number of fused-ring (bicyclic) bond motifs is 1. The number of halogens is 2. The van der Waals surface area contributed by atoms with Crippen molar-refractivity contribution < 1.29 is 23.1 Å². The van der Waals surface area contributed by atoms with Crippen molar-refractivity contribution in [3.8, 4) is 22.1 Å². The molecule has 0 saturated heterocycles. The van der Waals surface area contributed by atoms with Crippen LogP contribution >= 0.6 is 11.3 Å². The van der Waals surface area contributed by atoms with Crippen LogP contribution in [0.5, 0.6) is 11.5 Å². The summed E-state index contributed by atoms with van der Waals surface area (Å²) < 4.78 is 34.8. The molecule has 0 bridgehead atoms. The van der Waals surface area contributed by atoms with Gasteiger partial charge in [-0.05, 0) is 66.1 Å². The van der Waals surface area contributed by atoms with Gasteiger partial charge in [-0.1, -0.05) is 31.2 Å². The number of nitrogens with zero attached hydrogens (tertiary/aromatic N) is 2. The molecule has 5 rings (SSSR count). The Morgan fingerprint density at radius 2 is 1.60 bits per heavy atom. The molecular weight excluding hydrogens is 556 g/mol. The van der Waals surface area contributed by atoms with Crippen LogP contribution in [0, 0.1) is 11.6 Å². The van der Waals surface area contributed by atoms with E-state index < -0.39 is 5.82 Å². The third-order valence-electron chi connectivity index (χ3n) is 6.54. The Morgan fingerprint density at radius 1 is 0.857 bits per heavy atom. The number of thiophene rings is 1. The molecule has 0 saturated carbocycles. The summed E-state index contributed by atoms with van der Waals surface area (Å²) in [5.74, 6) is -1.13. The third-order valence-corrected chi connectivity index (χ3v) is 7.70. The van der Waals surface area contributed by atoms with Gasteiger partial charge < -0.3 is 10.1 Å². The Hall–Kier alpha value is -4.34. The van der Waals surface area contributed by atoms with Crippen molar-refractivity contribution in [1.29, 1.82) is 0 Å². The van der Waals surface area contributed by atoms with Crippen molar-refractivity contribution >= 4 is 33.1 Å². The summed E-state index contributed by atoms with van der Waals surface area (Å²) in [6.45, 7) is 3.84. The van der Waals surface area contributed by atoms with Gasteiger partial charge in [0.2, 0.25) is 0 Å². The number of pyridine rings is 2. The maximum Gasteiger partial charge on any atom is 0.166 e. The van der Waals surface area contributed by atoms with Crippen LogP contribution in [-0.4, -0.2) is 28.1 Å². The second-order valence-corrected chi connectivity index (χ2v) is 11.0. The van der Waals surface area contributed by atoms with Crippen LogP contribution in [-0.2, 0) is 29.0 Å². The van der Waals surface area contributed by atoms with E-state index in [1.807, 2.05) is 24.4 Å². The normalized spacial score (nSPS) is 11.1. The monoisotopic (exact) mass is 585 g/mol. The van der Waals surface area contributed by atoms with Gasteiger partial charge in [0, 0.05) is 37.8 Å². The van der Waals surface area contributed by atoms with E-state index in [1.54, 1.807) is 18.3 Å². The lowest BCUT2D eigenvalue weighted by Crippen LogP contribution is -2.13. The van der Waals surface area contributed by atoms with Crippen LogP contribution < -0.4 is 10.1 Å². The standard InChI is InChI=1S/C33H29F2N3O3S/c1-2-12-36-19-23-5-9-28(38-20-23)32-18-29-33(42-32)31(11-13-37-29)41-30-10-6-22(16-27(30)35)15-26(40)17-25(39)14-21-3-7-24(34)8-4-21/h3-11,13,16,18,20,36H,2,12,14-15,17,19H2,1H3. The smallest absolute Gasteiger partial charge is 0.166 e. The van der Waals surface area contributed by atoms with Crippen molar-refractivity contribution in [3.05, 3.63) is 107 Å². The average molecular weight is 586 g/mol. The molecule has 5 aromatic rings. The molecule has 0 fully saturated rings. The summed E-state index contributed by atoms with van der Waals surface area (Å²) in [4.78, 5) is 34.7. The Bertz CT molecular complexity index is 1700.